The van der Waals surface area contributed by atoms with Crippen LogP contribution in [0.1, 0.15) is 20.3 Å². The number of allylic oxidation sites excluding steroid dienone is 1. The van der Waals surface area contributed by atoms with Crippen molar-refractivity contribution in [2.24, 2.45) is 0 Å². The summed E-state index contributed by atoms with van der Waals surface area (Å²) in [7, 11) is 0.287. The highest BCUT2D eigenvalue weighted by Crippen LogP contribution is 2.03. The zero-order valence-electron chi connectivity index (χ0n) is 10.0. The highest BCUT2D eigenvalue weighted by atomic mass is 32.2. The molecule has 90 valence electrons. The van der Waals surface area contributed by atoms with Crippen LogP contribution in [0.4, 0.5) is 0 Å². The van der Waals surface area contributed by atoms with Crippen molar-refractivity contribution in [3.8, 4) is 0 Å². The number of rotatable bonds is 6. The van der Waals surface area contributed by atoms with Gasteiger partial charge in [0.2, 0.25) is 0 Å². The summed E-state index contributed by atoms with van der Waals surface area (Å²) in [6.07, 6.45) is 2.62. The number of hydrogen-bond donors (Lipinski definition) is 1. The van der Waals surface area contributed by atoms with E-state index in [0.29, 0.717) is 6.42 Å². The summed E-state index contributed by atoms with van der Waals surface area (Å²) in [5.41, 5.74) is 1.26. The van der Waals surface area contributed by atoms with E-state index in [0.717, 1.165) is 17.6 Å². The van der Waals surface area contributed by atoms with Crippen molar-refractivity contribution in [3.05, 3.63) is 11.6 Å². The quantitative estimate of drug-likeness (QED) is 0.430. The van der Waals surface area contributed by atoms with Crippen LogP contribution < -0.4 is 0 Å². The van der Waals surface area contributed by atoms with Crippen LogP contribution in [0.15, 0.2) is 11.6 Å². The Kier molecular flexibility index (Phi) is 5.48. The second-order valence-electron chi connectivity index (χ2n) is 4.76. The van der Waals surface area contributed by atoms with Crippen LogP contribution in [0.5, 0.6) is 0 Å². The smallest absolute Gasteiger partial charge is 0.265 e. The molecule has 0 saturated heterocycles. The SMILES string of the molecule is CC(C)=CC[N+](C)(C)CCCS(=O)(=O)O. The molecule has 4 nitrogen and oxygen atoms in total. The molecular formula is C10H22NO3S+. The Bertz CT molecular complexity index is 314. The van der Waals surface area contributed by atoms with Crippen molar-refractivity contribution in [1.82, 2.24) is 0 Å². The van der Waals surface area contributed by atoms with E-state index in [1.54, 1.807) is 0 Å². The number of nitrogens with zero attached hydrogens (tertiary/aromatic N) is 1. The van der Waals surface area contributed by atoms with Gasteiger partial charge in [-0.25, -0.2) is 0 Å². The van der Waals surface area contributed by atoms with Gasteiger partial charge in [-0.15, -0.1) is 0 Å². The summed E-state index contributed by atoms with van der Waals surface area (Å²) < 4.78 is 30.4. The summed E-state index contributed by atoms with van der Waals surface area (Å²) in [4.78, 5) is 0. The Morgan fingerprint density at radius 3 is 2.27 bits per heavy atom. The molecule has 0 bridgehead atoms. The molecule has 0 amide bonds. The molecule has 0 heterocycles. The molecule has 0 radical (unpaired) electrons. The van der Waals surface area contributed by atoms with Crippen LogP contribution in [-0.2, 0) is 10.1 Å². The predicted molar refractivity (Wildman–Crippen MR) is 62.3 cm³/mol. The van der Waals surface area contributed by atoms with E-state index in [1.807, 2.05) is 27.9 Å². The van der Waals surface area contributed by atoms with Crippen molar-refractivity contribution < 1.29 is 17.5 Å². The zero-order valence-corrected chi connectivity index (χ0v) is 10.8. The largest absolute Gasteiger partial charge is 0.325 e. The first-order valence-electron chi connectivity index (χ1n) is 5.03. The van der Waals surface area contributed by atoms with Gasteiger partial charge in [0.05, 0.1) is 32.9 Å². The van der Waals surface area contributed by atoms with Crippen LogP contribution in [0.2, 0.25) is 0 Å². The Morgan fingerprint density at radius 2 is 1.87 bits per heavy atom. The standard InChI is InChI=1S/C10H21NO3S/c1-10(2)6-8-11(3,4)7-5-9-15(12,13)14/h6H,5,7-9H2,1-4H3/p+1. The average Bonchev–Trinajstić information content (AvgIpc) is 1.98. The van der Waals surface area contributed by atoms with Gasteiger partial charge in [0, 0.05) is 6.42 Å². The first kappa shape index (κ1) is 14.6. The van der Waals surface area contributed by atoms with E-state index in [4.69, 9.17) is 4.55 Å². The van der Waals surface area contributed by atoms with Gasteiger partial charge >= 0.3 is 0 Å². The fourth-order valence-corrected chi connectivity index (χ4v) is 1.69. The van der Waals surface area contributed by atoms with E-state index in [9.17, 15) is 8.42 Å². The molecule has 0 aliphatic heterocycles. The molecule has 0 aliphatic carbocycles. The molecular weight excluding hydrogens is 214 g/mol. The molecule has 0 aromatic rings. The maximum absolute atomic E-state index is 10.5. The molecule has 0 rings (SSSR count). The summed E-state index contributed by atoms with van der Waals surface area (Å²) in [5.74, 6) is -0.149. The summed E-state index contributed by atoms with van der Waals surface area (Å²) >= 11 is 0. The van der Waals surface area contributed by atoms with E-state index < -0.39 is 10.1 Å². The Balaban J connectivity index is 4.00. The monoisotopic (exact) mass is 236 g/mol. The van der Waals surface area contributed by atoms with Gasteiger partial charge in [-0.1, -0.05) is 5.57 Å². The van der Waals surface area contributed by atoms with Gasteiger partial charge in [-0.3, -0.25) is 4.55 Å². The van der Waals surface area contributed by atoms with Gasteiger partial charge in [0.1, 0.15) is 0 Å². The fraction of sp³-hybridized carbons (Fsp3) is 0.800. The maximum atomic E-state index is 10.5. The fourth-order valence-electron chi connectivity index (χ4n) is 1.20. The molecule has 0 saturated carbocycles. The molecule has 0 unspecified atom stereocenters. The molecule has 0 aromatic heterocycles. The van der Waals surface area contributed by atoms with Crippen molar-refractivity contribution in [2.45, 2.75) is 20.3 Å². The molecule has 15 heavy (non-hydrogen) atoms. The van der Waals surface area contributed by atoms with Gasteiger partial charge in [0.25, 0.3) is 10.1 Å². The lowest BCUT2D eigenvalue weighted by Crippen LogP contribution is -2.41. The van der Waals surface area contributed by atoms with Crippen LogP contribution in [0.3, 0.4) is 0 Å². The number of likely N-dealkylation sites (N-methyl/N-ethyl adjacent to an activating group) is 1. The van der Waals surface area contributed by atoms with E-state index in [2.05, 4.69) is 6.08 Å². The highest BCUT2D eigenvalue weighted by Gasteiger charge is 2.14. The Labute approximate surface area is 92.9 Å². The molecule has 0 aromatic carbocycles. The number of quaternary nitrogens is 1. The predicted octanol–water partition coefficient (Wildman–Crippen LogP) is 1.31. The van der Waals surface area contributed by atoms with E-state index in [1.165, 1.54) is 5.57 Å². The van der Waals surface area contributed by atoms with Crippen molar-refractivity contribution >= 4 is 10.1 Å². The van der Waals surface area contributed by atoms with Crippen molar-refractivity contribution in [3.63, 3.8) is 0 Å². The van der Waals surface area contributed by atoms with Crippen LogP contribution in [0, 0.1) is 0 Å². The average molecular weight is 236 g/mol. The molecule has 0 atom stereocenters. The third-order valence-electron chi connectivity index (χ3n) is 2.16. The second-order valence-corrected chi connectivity index (χ2v) is 6.34. The minimum Gasteiger partial charge on any atom is -0.325 e. The molecule has 0 aliphatic rings. The summed E-state index contributed by atoms with van der Waals surface area (Å²) in [5, 5.41) is 0. The Hall–Kier alpha value is -0.390. The topological polar surface area (TPSA) is 54.4 Å². The second kappa shape index (κ2) is 5.63. The Morgan fingerprint density at radius 1 is 1.33 bits per heavy atom. The molecule has 0 fully saturated rings. The van der Waals surface area contributed by atoms with Gasteiger partial charge < -0.3 is 4.48 Å². The van der Waals surface area contributed by atoms with Gasteiger partial charge in [-0.2, -0.15) is 8.42 Å². The molecule has 0 spiro atoms. The molecule has 5 heteroatoms. The molecule has 1 N–H and O–H groups in total. The van der Waals surface area contributed by atoms with E-state index in [-0.39, 0.29) is 5.75 Å². The lowest BCUT2D eigenvalue weighted by atomic mass is 10.3. The highest BCUT2D eigenvalue weighted by molar-refractivity contribution is 7.85. The summed E-state index contributed by atoms with van der Waals surface area (Å²) in [6.45, 7) is 5.70. The van der Waals surface area contributed by atoms with Gasteiger partial charge in [0.15, 0.2) is 0 Å². The van der Waals surface area contributed by atoms with E-state index >= 15 is 0 Å². The van der Waals surface area contributed by atoms with Crippen LogP contribution in [0.25, 0.3) is 0 Å². The lowest BCUT2D eigenvalue weighted by Gasteiger charge is -2.28. The minimum absolute atomic E-state index is 0.149. The summed E-state index contributed by atoms with van der Waals surface area (Å²) in [6, 6.07) is 0. The lowest BCUT2D eigenvalue weighted by molar-refractivity contribution is -0.884. The maximum Gasteiger partial charge on any atom is 0.265 e. The van der Waals surface area contributed by atoms with Crippen LogP contribution in [-0.4, -0.2) is 50.4 Å². The normalized spacial score (nSPS) is 12.6. The minimum atomic E-state index is -3.80. The van der Waals surface area contributed by atoms with Crippen LogP contribution >= 0.6 is 0 Å². The van der Waals surface area contributed by atoms with Crippen molar-refractivity contribution in [1.29, 1.82) is 0 Å². The first-order valence-corrected chi connectivity index (χ1v) is 6.64. The number of hydrogen-bond acceptors (Lipinski definition) is 2. The van der Waals surface area contributed by atoms with Crippen molar-refractivity contribution in [2.75, 3.05) is 32.9 Å². The zero-order chi connectivity index (χ0) is 12.1. The van der Waals surface area contributed by atoms with Gasteiger partial charge in [-0.05, 0) is 19.9 Å². The third-order valence-corrected chi connectivity index (χ3v) is 2.96. The third kappa shape index (κ3) is 9.90. The first-order chi connectivity index (χ1) is 6.62.